The van der Waals surface area contributed by atoms with E-state index in [-0.39, 0.29) is 51.3 Å². The SMILES string of the molecule is O=C(c1ccccc1)c1ccc2n1CCC2C(=O)O.[SrH2]. The van der Waals surface area contributed by atoms with Crippen molar-refractivity contribution < 1.29 is 14.7 Å². The molecule has 0 saturated carbocycles. The average molecular weight is 345 g/mol. The van der Waals surface area contributed by atoms with Crippen molar-refractivity contribution in [3.05, 3.63) is 59.4 Å². The second-order valence-corrected chi connectivity index (χ2v) is 4.67. The molecule has 0 radical (unpaired) electrons. The standard InChI is InChI=1S/C15H13NO3.Sr.2H/c17-14(10-4-2-1-3-5-10)13-7-6-12-11(15(18)19)8-9-16(12)13;;;/h1-7,11H,8-9H2,(H,18,19);;;. The van der Waals surface area contributed by atoms with Crippen LogP contribution in [0.25, 0.3) is 0 Å². The number of carbonyl (C=O) groups excluding carboxylic acids is 1. The minimum atomic E-state index is -0.824. The molecule has 20 heavy (non-hydrogen) atoms. The quantitative estimate of drug-likeness (QED) is 0.676. The van der Waals surface area contributed by atoms with E-state index < -0.39 is 11.9 Å². The number of nitrogens with zero attached hydrogens (tertiary/aromatic N) is 1. The normalized spacial score (nSPS) is 16.3. The first-order chi connectivity index (χ1) is 9.18. The molecule has 100 valence electrons. The van der Waals surface area contributed by atoms with Crippen molar-refractivity contribution in [2.24, 2.45) is 0 Å². The fraction of sp³-hybridized carbons (Fsp3) is 0.200. The minimum absolute atomic E-state index is 0. The van der Waals surface area contributed by atoms with Gasteiger partial charge in [-0.2, -0.15) is 0 Å². The van der Waals surface area contributed by atoms with Gasteiger partial charge in [0.25, 0.3) is 0 Å². The van der Waals surface area contributed by atoms with E-state index in [0.29, 0.717) is 24.2 Å². The third-order valence-electron chi connectivity index (χ3n) is 3.58. The molecule has 0 saturated heterocycles. The van der Waals surface area contributed by atoms with Gasteiger partial charge >= 0.3 is 51.5 Å². The summed E-state index contributed by atoms with van der Waals surface area (Å²) in [5, 5.41) is 9.13. The zero-order chi connectivity index (χ0) is 13.4. The van der Waals surface area contributed by atoms with E-state index in [0.717, 1.165) is 5.69 Å². The van der Waals surface area contributed by atoms with Gasteiger partial charge in [-0.25, -0.2) is 0 Å². The summed E-state index contributed by atoms with van der Waals surface area (Å²) in [5.74, 6) is -1.37. The topological polar surface area (TPSA) is 59.3 Å². The van der Waals surface area contributed by atoms with E-state index in [1.807, 2.05) is 22.8 Å². The van der Waals surface area contributed by atoms with E-state index in [1.165, 1.54) is 0 Å². The van der Waals surface area contributed by atoms with Crippen molar-refractivity contribution in [2.45, 2.75) is 18.9 Å². The molecule has 0 fully saturated rings. The Morgan fingerprint density at radius 2 is 1.80 bits per heavy atom. The second-order valence-electron chi connectivity index (χ2n) is 4.67. The van der Waals surface area contributed by atoms with Crippen LogP contribution in [-0.2, 0) is 11.3 Å². The molecule has 1 aromatic heterocycles. The number of rotatable bonds is 3. The van der Waals surface area contributed by atoms with E-state index >= 15 is 0 Å². The van der Waals surface area contributed by atoms with Crippen LogP contribution >= 0.6 is 0 Å². The van der Waals surface area contributed by atoms with E-state index in [4.69, 9.17) is 5.11 Å². The molecule has 0 bridgehead atoms. The molecule has 5 heteroatoms. The number of fused-ring (bicyclic) bond motifs is 1. The number of hydrogen-bond acceptors (Lipinski definition) is 2. The average Bonchev–Trinajstić information content (AvgIpc) is 2.99. The molecule has 1 atom stereocenters. The summed E-state index contributed by atoms with van der Waals surface area (Å²) >= 11 is 0. The summed E-state index contributed by atoms with van der Waals surface area (Å²) < 4.78 is 1.83. The van der Waals surface area contributed by atoms with Crippen LogP contribution in [0.5, 0.6) is 0 Å². The van der Waals surface area contributed by atoms with Gasteiger partial charge in [-0.05, 0) is 18.6 Å². The molecule has 1 N–H and O–H groups in total. The summed E-state index contributed by atoms with van der Waals surface area (Å²) in [6.07, 6.45) is 0.556. The molecule has 0 amide bonds. The van der Waals surface area contributed by atoms with Crippen LogP contribution in [0.4, 0.5) is 0 Å². The number of carboxylic acids is 1. The summed E-state index contributed by atoms with van der Waals surface area (Å²) in [6.45, 7) is 0.590. The number of benzene rings is 1. The first-order valence-electron chi connectivity index (χ1n) is 6.20. The van der Waals surface area contributed by atoms with Crippen molar-refractivity contribution in [2.75, 3.05) is 0 Å². The van der Waals surface area contributed by atoms with Crippen LogP contribution in [0, 0.1) is 0 Å². The number of carbonyl (C=O) groups is 2. The predicted molar refractivity (Wildman–Crippen MR) is 77.8 cm³/mol. The van der Waals surface area contributed by atoms with Gasteiger partial charge in [-0.15, -0.1) is 0 Å². The van der Waals surface area contributed by atoms with Gasteiger partial charge in [-0.1, -0.05) is 30.3 Å². The van der Waals surface area contributed by atoms with Gasteiger partial charge in [0.05, 0.1) is 11.6 Å². The first kappa shape index (κ1) is 15.5. The number of hydrogen-bond donors (Lipinski definition) is 1. The Morgan fingerprint density at radius 1 is 1.10 bits per heavy atom. The Hall–Kier alpha value is -0.879. The van der Waals surface area contributed by atoms with Crippen LogP contribution < -0.4 is 0 Å². The third kappa shape index (κ3) is 2.63. The van der Waals surface area contributed by atoms with Crippen LogP contribution in [0.1, 0.15) is 34.1 Å². The van der Waals surface area contributed by atoms with E-state index in [1.54, 1.807) is 24.3 Å². The Morgan fingerprint density at radius 3 is 2.45 bits per heavy atom. The van der Waals surface area contributed by atoms with Crippen molar-refractivity contribution in [3.63, 3.8) is 0 Å². The fourth-order valence-corrected chi connectivity index (χ4v) is 2.63. The number of aromatic nitrogens is 1. The molecule has 2 aromatic rings. The maximum atomic E-state index is 12.4. The molecule has 3 rings (SSSR count). The van der Waals surface area contributed by atoms with Crippen LogP contribution in [0.2, 0.25) is 0 Å². The molecule has 1 aliphatic rings. The molecule has 1 aliphatic heterocycles. The molecular formula is C15H15NO3Sr. The fourth-order valence-electron chi connectivity index (χ4n) is 2.63. The summed E-state index contributed by atoms with van der Waals surface area (Å²) in [5.41, 5.74) is 1.93. The molecule has 1 aromatic carbocycles. The van der Waals surface area contributed by atoms with Gasteiger partial charge in [0.1, 0.15) is 0 Å². The predicted octanol–water partition coefficient (Wildman–Crippen LogP) is 1.37. The molecular weight excluding hydrogens is 330 g/mol. The van der Waals surface area contributed by atoms with Gasteiger partial charge < -0.3 is 9.67 Å². The van der Waals surface area contributed by atoms with Gasteiger partial charge in [0.2, 0.25) is 5.78 Å². The van der Waals surface area contributed by atoms with Crippen LogP contribution in [0.15, 0.2) is 42.5 Å². The number of aliphatic carboxylic acids is 1. The monoisotopic (exact) mass is 345 g/mol. The summed E-state index contributed by atoms with van der Waals surface area (Å²) in [6, 6.07) is 12.5. The summed E-state index contributed by atoms with van der Waals surface area (Å²) in [4.78, 5) is 23.5. The van der Waals surface area contributed by atoms with E-state index in [9.17, 15) is 9.59 Å². The summed E-state index contributed by atoms with van der Waals surface area (Å²) in [7, 11) is 0. The molecule has 0 spiro atoms. The zero-order valence-corrected chi connectivity index (χ0v) is 10.2. The van der Waals surface area contributed by atoms with Gasteiger partial charge in [0.15, 0.2) is 0 Å². The van der Waals surface area contributed by atoms with Crippen LogP contribution in [0.3, 0.4) is 0 Å². The molecule has 1 unspecified atom stereocenters. The van der Waals surface area contributed by atoms with Crippen molar-refractivity contribution >= 4 is 57.2 Å². The van der Waals surface area contributed by atoms with Crippen molar-refractivity contribution in [1.29, 1.82) is 0 Å². The zero-order valence-electron chi connectivity index (χ0n) is 10.2. The van der Waals surface area contributed by atoms with E-state index in [2.05, 4.69) is 0 Å². The molecule has 2 heterocycles. The van der Waals surface area contributed by atoms with Crippen molar-refractivity contribution in [1.82, 2.24) is 4.57 Å². The first-order valence-corrected chi connectivity index (χ1v) is 6.20. The third-order valence-corrected chi connectivity index (χ3v) is 3.58. The Labute approximate surface area is 153 Å². The molecule has 4 nitrogen and oxygen atoms in total. The van der Waals surface area contributed by atoms with Crippen molar-refractivity contribution in [3.8, 4) is 0 Å². The number of carboxylic acid groups (broad SMARTS) is 1. The Bertz CT molecular complexity index is 648. The van der Waals surface area contributed by atoms with Crippen LogP contribution in [-0.4, -0.2) is 66.9 Å². The number of ketones is 1. The molecule has 0 aliphatic carbocycles. The maximum absolute atomic E-state index is 12.4. The van der Waals surface area contributed by atoms with Gasteiger partial charge in [0, 0.05) is 17.8 Å². The Kier molecular flexibility index (Phi) is 4.86. The van der Waals surface area contributed by atoms with Gasteiger partial charge in [-0.3, -0.25) is 9.59 Å². The Balaban J connectivity index is 0.00000147. The second kappa shape index (κ2) is 6.26.